The number of carboxylic acids is 1. The number of carboxylic acid groups (broad SMARTS) is 1. The molecular weight excluding hydrogens is 266 g/mol. The zero-order valence-electron chi connectivity index (χ0n) is 6.66. The van der Waals surface area contributed by atoms with Crippen molar-refractivity contribution < 1.29 is 14.1 Å². The molecule has 0 saturated carbocycles. The van der Waals surface area contributed by atoms with E-state index in [0.717, 1.165) is 11.7 Å². The van der Waals surface area contributed by atoms with Crippen LogP contribution < -0.4 is 4.18 Å². The molecule has 14 heavy (non-hydrogen) atoms. The predicted octanol–water partition coefficient (Wildman–Crippen LogP) is 3.51. The SMILES string of the molecule is O=C(O)c1ccc(OSP)c(Cl)c1Cl. The van der Waals surface area contributed by atoms with Crippen LogP contribution in [0.3, 0.4) is 0 Å². The molecule has 0 fully saturated rings. The molecule has 76 valence electrons. The highest BCUT2D eigenvalue weighted by Gasteiger charge is 2.15. The first-order valence-corrected chi connectivity index (χ1v) is 6.30. The number of rotatable bonds is 3. The van der Waals surface area contributed by atoms with Gasteiger partial charge in [-0.3, -0.25) is 0 Å². The Bertz CT molecular complexity index is 372. The van der Waals surface area contributed by atoms with Crippen LogP contribution in [0.5, 0.6) is 5.75 Å². The van der Waals surface area contributed by atoms with Gasteiger partial charge < -0.3 is 9.29 Å². The first-order chi connectivity index (χ1) is 6.57. The Morgan fingerprint density at radius 1 is 1.43 bits per heavy atom. The van der Waals surface area contributed by atoms with Crippen molar-refractivity contribution in [3.63, 3.8) is 0 Å². The monoisotopic (exact) mass is 270 g/mol. The third kappa shape index (κ3) is 2.45. The molecule has 3 nitrogen and oxygen atoms in total. The van der Waals surface area contributed by atoms with Gasteiger partial charge in [0.25, 0.3) is 0 Å². The molecule has 0 aliphatic heterocycles. The van der Waals surface area contributed by atoms with Gasteiger partial charge in [-0.05, 0) is 20.6 Å². The average Bonchev–Trinajstić information content (AvgIpc) is 2.13. The van der Waals surface area contributed by atoms with Gasteiger partial charge >= 0.3 is 5.97 Å². The highest BCUT2D eigenvalue weighted by atomic mass is 35.5. The van der Waals surface area contributed by atoms with E-state index in [2.05, 4.69) is 8.44 Å². The van der Waals surface area contributed by atoms with Crippen molar-refractivity contribution in [2.24, 2.45) is 0 Å². The minimum atomic E-state index is -1.12. The number of hydrogen-bond acceptors (Lipinski definition) is 3. The van der Waals surface area contributed by atoms with Gasteiger partial charge in [-0.1, -0.05) is 23.2 Å². The van der Waals surface area contributed by atoms with Crippen molar-refractivity contribution in [2.45, 2.75) is 0 Å². The van der Waals surface area contributed by atoms with E-state index in [9.17, 15) is 4.79 Å². The molecule has 0 aliphatic carbocycles. The van der Waals surface area contributed by atoms with Crippen molar-refractivity contribution in [1.82, 2.24) is 0 Å². The fourth-order valence-electron chi connectivity index (χ4n) is 0.813. The van der Waals surface area contributed by atoms with Crippen LogP contribution in [0.2, 0.25) is 10.0 Å². The molecule has 0 radical (unpaired) electrons. The lowest BCUT2D eigenvalue weighted by Gasteiger charge is -2.06. The summed E-state index contributed by atoms with van der Waals surface area (Å²) in [7, 11) is 2.27. The van der Waals surface area contributed by atoms with Crippen LogP contribution in [0.15, 0.2) is 12.1 Å². The largest absolute Gasteiger partial charge is 0.478 e. The molecular formula is C7H5Cl2O3PS. The summed E-state index contributed by atoms with van der Waals surface area (Å²) in [5.74, 6) is -0.788. The molecule has 1 rings (SSSR count). The number of carbonyl (C=O) groups is 1. The number of hydrogen-bond donors (Lipinski definition) is 1. The van der Waals surface area contributed by atoms with Crippen LogP contribution in [-0.4, -0.2) is 11.1 Å². The van der Waals surface area contributed by atoms with Gasteiger partial charge in [0.05, 0.1) is 22.2 Å². The van der Waals surface area contributed by atoms with E-state index in [-0.39, 0.29) is 15.6 Å². The summed E-state index contributed by atoms with van der Waals surface area (Å²) >= 11 is 12.5. The zero-order valence-corrected chi connectivity index (χ0v) is 10.1. The van der Waals surface area contributed by atoms with Gasteiger partial charge in [-0.15, -0.1) is 0 Å². The van der Waals surface area contributed by atoms with Crippen molar-refractivity contribution in [1.29, 1.82) is 0 Å². The summed E-state index contributed by atoms with van der Waals surface area (Å²) in [6.07, 6.45) is 0. The van der Waals surface area contributed by atoms with Crippen molar-refractivity contribution in [3.8, 4) is 5.75 Å². The summed E-state index contributed by atoms with van der Waals surface area (Å²) in [5, 5.41) is 8.80. The van der Waals surface area contributed by atoms with Crippen LogP contribution in [0.1, 0.15) is 10.4 Å². The van der Waals surface area contributed by atoms with Crippen molar-refractivity contribution >= 4 is 49.3 Å². The molecule has 0 amide bonds. The van der Waals surface area contributed by atoms with Crippen LogP contribution in [-0.2, 0) is 0 Å². The normalized spacial score (nSPS) is 9.93. The standard InChI is InChI=1S/C7H5Cl2O3PS/c8-5-3(7(10)11)1-2-4(6(5)9)12-14-13/h1-2H,13H2,(H,10,11). The quantitative estimate of drug-likeness (QED) is 0.675. The first kappa shape index (κ1) is 11.9. The van der Waals surface area contributed by atoms with Crippen LogP contribution in [0.25, 0.3) is 0 Å². The minimum Gasteiger partial charge on any atom is -0.478 e. The van der Waals surface area contributed by atoms with E-state index in [1.54, 1.807) is 0 Å². The van der Waals surface area contributed by atoms with Gasteiger partial charge in [0.1, 0.15) is 5.02 Å². The Kier molecular flexibility index (Phi) is 4.32. The second kappa shape index (κ2) is 5.08. The Morgan fingerprint density at radius 2 is 2.07 bits per heavy atom. The van der Waals surface area contributed by atoms with E-state index in [0.29, 0.717) is 5.75 Å². The Labute approximate surface area is 96.9 Å². The molecule has 7 heteroatoms. The van der Waals surface area contributed by atoms with Crippen LogP contribution in [0.4, 0.5) is 0 Å². The maximum Gasteiger partial charge on any atom is 0.337 e. The second-order valence-electron chi connectivity index (χ2n) is 2.22. The van der Waals surface area contributed by atoms with Crippen molar-refractivity contribution in [2.75, 3.05) is 0 Å². The van der Waals surface area contributed by atoms with Gasteiger partial charge in [-0.25, -0.2) is 4.79 Å². The van der Waals surface area contributed by atoms with Crippen molar-refractivity contribution in [3.05, 3.63) is 27.7 Å². The number of aromatic carboxylic acids is 1. The second-order valence-corrected chi connectivity index (χ2v) is 3.92. The lowest BCUT2D eigenvalue weighted by atomic mass is 10.2. The first-order valence-electron chi connectivity index (χ1n) is 3.32. The molecule has 1 unspecified atom stereocenters. The molecule has 1 N–H and O–H groups in total. The zero-order chi connectivity index (χ0) is 10.7. The lowest BCUT2D eigenvalue weighted by Crippen LogP contribution is -1.97. The molecule has 0 aliphatic rings. The minimum absolute atomic E-state index is 0.0179. The topological polar surface area (TPSA) is 46.5 Å². The lowest BCUT2D eigenvalue weighted by molar-refractivity contribution is 0.0697. The molecule has 1 aromatic carbocycles. The maximum atomic E-state index is 10.6. The third-order valence-electron chi connectivity index (χ3n) is 1.42. The van der Waals surface area contributed by atoms with E-state index in [1.807, 2.05) is 0 Å². The van der Waals surface area contributed by atoms with Gasteiger partial charge in [0.2, 0.25) is 0 Å². The van der Waals surface area contributed by atoms with E-state index < -0.39 is 5.97 Å². The molecule has 1 aromatic rings. The summed E-state index contributed by atoms with van der Waals surface area (Å²) in [6.45, 7) is 0. The highest BCUT2D eigenvalue weighted by molar-refractivity contribution is 8.41. The molecule has 0 saturated heterocycles. The van der Waals surface area contributed by atoms with Crippen LogP contribution >= 0.6 is 43.3 Å². The summed E-state index contributed by atoms with van der Waals surface area (Å²) < 4.78 is 5.02. The summed E-state index contributed by atoms with van der Waals surface area (Å²) in [4.78, 5) is 10.6. The molecule has 0 spiro atoms. The van der Waals surface area contributed by atoms with E-state index in [4.69, 9.17) is 32.5 Å². The molecule has 0 aromatic heterocycles. The molecule has 0 heterocycles. The fraction of sp³-hybridized carbons (Fsp3) is 0. The van der Waals surface area contributed by atoms with Gasteiger partial charge in [-0.2, -0.15) is 0 Å². The maximum absolute atomic E-state index is 10.6. The Hall–Kier alpha value is -0.150. The van der Waals surface area contributed by atoms with Gasteiger partial charge in [0, 0.05) is 0 Å². The summed E-state index contributed by atoms with van der Waals surface area (Å²) in [6, 6.07) is 2.79. The number of benzene rings is 1. The van der Waals surface area contributed by atoms with E-state index >= 15 is 0 Å². The Morgan fingerprint density at radius 3 is 2.57 bits per heavy atom. The Balaban J connectivity index is 3.19. The smallest absolute Gasteiger partial charge is 0.337 e. The highest BCUT2D eigenvalue weighted by Crippen LogP contribution is 2.36. The molecule has 1 atom stereocenters. The number of halogens is 2. The molecule has 0 bridgehead atoms. The average molecular weight is 271 g/mol. The summed E-state index contributed by atoms with van der Waals surface area (Å²) in [5.41, 5.74) is -0.0437. The predicted molar refractivity (Wildman–Crippen MR) is 61.4 cm³/mol. The van der Waals surface area contributed by atoms with E-state index in [1.165, 1.54) is 12.1 Å². The fourth-order valence-corrected chi connectivity index (χ4v) is 1.85. The van der Waals surface area contributed by atoms with Crippen LogP contribution in [0, 0.1) is 0 Å². The third-order valence-corrected chi connectivity index (χ3v) is 2.84. The van der Waals surface area contributed by atoms with Gasteiger partial charge in [0.15, 0.2) is 5.75 Å².